The van der Waals surface area contributed by atoms with Gasteiger partial charge in [-0.1, -0.05) is 52.3 Å². The Morgan fingerprint density at radius 2 is 1.79 bits per heavy atom. The summed E-state index contributed by atoms with van der Waals surface area (Å²) in [5.74, 6) is -0.269. The minimum atomic E-state index is -0.496. The van der Waals surface area contributed by atoms with Gasteiger partial charge in [0.15, 0.2) is 11.5 Å². The van der Waals surface area contributed by atoms with Gasteiger partial charge in [0.1, 0.15) is 0 Å². The summed E-state index contributed by atoms with van der Waals surface area (Å²) < 4.78 is 12.5. The summed E-state index contributed by atoms with van der Waals surface area (Å²) in [4.78, 5) is 39.5. The topological polar surface area (TPSA) is 72.9 Å². The lowest BCUT2D eigenvalue weighted by atomic mass is 10.1. The number of hydrogen-bond acceptors (Lipinski definition) is 6. The zero-order chi connectivity index (χ0) is 24.2. The molecular formula is C25H17BrINO5S. The van der Waals surface area contributed by atoms with Crippen LogP contribution in [0.15, 0.2) is 76.1 Å². The van der Waals surface area contributed by atoms with Crippen LogP contribution >= 0.6 is 50.3 Å². The van der Waals surface area contributed by atoms with E-state index in [1.165, 1.54) is 12.0 Å². The van der Waals surface area contributed by atoms with Crippen molar-refractivity contribution < 1.29 is 23.9 Å². The van der Waals surface area contributed by atoms with Crippen molar-refractivity contribution in [2.45, 2.75) is 6.54 Å². The number of hydrogen-bond donors (Lipinski definition) is 0. The van der Waals surface area contributed by atoms with Crippen LogP contribution < -0.4 is 9.47 Å². The first-order valence-corrected chi connectivity index (χ1v) is 12.7. The highest BCUT2D eigenvalue weighted by Gasteiger charge is 2.35. The van der Waals surface area contributed by atoms with E-state index in [1.54, 1.807) is 36.4 Å². The van der Waals surface area contributed by atoms with Crippen LogP contribution in [0.1, 0.15) is 21.5 Å². The van der Waals surface area contributed by atoms with Crippen molar-refractivity contribution in [3.8, 4) is 11.5 Å². The van der Waals surface area contributed by atoms with Crippen LogP contribution in [0.4, 0.5) is 4.79 Å². The standard InChI is InChI=1S/C25H17BrINO5S/c1-32-21-12-15(10-11-20(21)33-24(30)17-7-3-5-9-19(17)27)13-22-23(29)28(25(31)34-22)14-16-6-2-4-8-18(16)26/h2-13H,14H2,1H3/b22-13-. The molecule has 2 amide bonds. The van der Waals surface area contributed by atoms with Gasteiger partial charge in [-0.15, -0.1) is 0 Å². The fourth-order valence-corrected chi connectivity index (χ4v) is 5.08. The first-order valence-electron chi connectivity index (χ1n) is 10.0. The number of halogens is 2. The predicted octanol–water partition coefficient (Wildman–Crippen LogP) is 6.52. The van der Waals surface area contributed by atoms with Gasteiger partial charge >= 0.3 is 5.97 Å². The molecule has 1 heterocycles. The van der Waals surface area contributed by atoms with Crippen molar-refractivity contribution in [3.63, 3.8) is 0 Å². The molecule has 34 heavy (non-hydrogen) atoms. The van der Waals surface area contributed by atoms with Crippen LogP contribution in [0.3, 0.4) is 0 Å². The van der Waals surface area contributed by atoms with E-state index in [9.17, 15) is 14.4 Å². The second kappa shape index (κ2) is 10.7. The number of rotatable bonds is 6. The molecule has 0 atom stereocenters. The van der Waals surface area contributed by atoms with Crippen LogP contribution in [-0.2, 0) is 11.3 Å². The first kappa shape index (κ1) is 24.5. The Labute approximate surface area is 222 Å². The number of benzene rings is 3. The first-order chi connectivity index (χ1) is 16.4. The lowest BCUT2D eigenvalue weighted by Gasteiger charge is -2.13. The second-order valence-electron chi connectivity index (χ2n) is 7.14. The van der Waals surface area contributed by atoms with Crippen LogP contribution in [0.2, 0.25) is 0 Å². The largest absolute Gasteiger partial charge is 0.493 e. The maximum absolute atomic E-state index is 12.9. The van der Waals surface area contributed by atoms with Crippen LogP contribution in [0.25, 0.3) is 6.08 Å². The molecule has 0 radical (unpaired) electrons. The highest BCUT2D eigenvalue weighted by atomic mass is 127. The maximum atomic E-state index is 12.9. The molecule has 1 fully saturated rings. The second-order valence-corrected chi connectivity index (χ2v) is 10.1. The number of imide groups is 1. The van der Waals surface area contributed by atoms with Crippen LogP contribution in [0.5, 0.6) is 11.5 Å². The molecule has 1 aliphatic rings. The maximum Gasteiger partial charge on any atom is 0.344 e. The number of ether oxygens (including phenoxy) is 2. The van der Waals surface area contributed by atoms with Crippen molar-refractivity contribution in [2.24, 2.45) is 0 Å². The van der Waals surface area contributed by atoms with E-state index in [0.29, 0.717) is 21.8 Å². The van der Waals surface area contributed by atoms with E-state index in [2.05, 4.69) is 38.5 Å². The zero-order valence-corrected chi connectivity index (χ0v) is 22.3. The summed E-state index contributed by atoms with van der Waals surface area (Å²) in [5, 5.41) is -0.331. The number of esters is 1. The Bertz CT molecular complexity index is 1330. The van der Waals surface area contributed by atoms with Gasteiger partial charge < -0.3 is 9.47 Å². The normalized spacial score (nSPS) is 14.6. The summed E-state index contributed by atoms with van der Waals surface area (Å²) in [5.41, 5.74) is 1.93. The molecule has 172 valence electrons. The van der Waals surface area contributed by atoms with Gasteiger partial charge in [-0.2, -0.15) is 0 Å². The fraction of sp³-hybridized carbons (Fsp3) is 0.0800. The third-order valence-corrected chi connectivity index (χ3v) is 7.56. The Hall–Kier alpha value is -2.63. The molecule has 9 heteroatoms. The predicted molar refractivity (Wildman–Crippen MR) is 143 cm³/mol. The van der Waals surface area contributed by atoms with Crippen LogP contribution in [0, 0.1) is 3.57 Å². The van der Waals surface area contributed by atoms with Crippen LogP contribution in [-0.4, -0.2) is 29.1 Å². The van der Waals surface area contributed by atoms with Gasteiger partial charge in [0, 0.05) is 8.04 Å². The minimum absolute atomic E-state index is 0.180. The number of methoxy groups -OCH3 is 1. The lowest BCUT2D eigenvalue weighted by molar-refractivity contribution is -0.123. The summed E-state index contributed by atoms with van der Waals surface area (Å²) in [6, 6.07) is 19.5. The third-order valence-electron chi connectivity index (χ3n) is 4.94. The zero-order valence-electron chi connectivity index (χ0n) is 17.8. The molecule has 0 aliphatic carbocycles. The Morgan fingerprint density at radius 1 is 1.06 bits per heavy atom. The summed E-state index contributed by atoms with van der Waals surface area (Å²) in [6.45, 7) is 0.180. The van der Waals surface area contributed by atoms with Crippen molar-refractivity contribution in [1.82, 2.24) is 4.90 Å². The van der Waals surface area contributed by atoms with E-state index in [1.807, 2.05) is 36.4 Å². The molecule has 1 aliphatic heterocycles. The third kappa shape index (κ3) is 5.37. The molecule has 0 unspecified atom stereocenters. The summed E-state index contributed by atoms with van der Waals surface area (Å²) >= 11 is 6.41. The lowest BCUT2D eigenvalue weighted by Crippen LogP contribution is -2.27. The minimum Gasteiger partial charge on any atom is -0.493 e. The molecular weight excluding hydrogens is 633 g/mol. The van der Waals surface area contributed by atoms with Crippen molar-refractivity contribution in [2.75, 3.05) is 7.11 Å². The van der Waals surface area contributed by atoms with Gasteiger partial charge in [-0.25, -0.2) is 4.79 Å². The van der Waals surface area contributed by atoms with Gasteiger partial charge in [0.2, 0.25) is 0 Å². The van der Waals surface area contributed by atoms with Crippen molar-refractivity contribution >= 4 is 73.5 Å². The summed E-state index contributed by atoms with van der Waals surface area (Å²) in [6.07, 6.45) is 1.62. The monoisotopic (exact) mass is 649 g/mol. The number of thioether (sulfide) groups is 1. The molecule has 0 N–H and O–H groups in total. The number of amides is 2. The highest BCUT2D eigenvalue weighted by molar-refractivity contribution is 14.1. The van der Waals surface area contributed by atoms with E-state index >= 15 is 0 Å². The average molecular weight is 650 g/mol. The molecule has 0 aromatic heterocycles. The van der Waals surface area contributed by atoms with E-state index < -0.39 is 5.97 Å². The van der Waals surface area contributed by atoms with E-state index in [0.717, 1.165) is 25.4 Å². The molecule has 3 aromatic carbocycles. The quantitative estimate of drug-likeness (QED) is 0.131. The molecule has 4 rings (SSSR count). The van der Waals surface area contributed by atoms with Crippen molar-refractivity contribution in [3.05, 3.63) is 96.4 Å². The number of carbonyl (C=O) groups excluding carboxylic acids is 3. The Kier molecular flexibility index (Phi) is 7.74. The molecule has 1 saturated heterocycles. The Morgan fingerprint density at radius 3 is 2.53 bits per heavy atom. The SMILES string of the molecule is COc1cc(/C=C2\SC(=O)N(Cc3ccccc3Br)C2=O)ccc1OC(=O)c1ccccc1I. The van der Waals surface area contributed by atoms with Gasteiger partial charge in [-0.05, 0) is 81.9 Å². The van der Waals surface area contributed by atoms with E-state index in [-0.39, 0.29) is 23.4 Å². The molecule has 6 nitrogen and oxygen atoms in total. The molecule has 0 bridgehead atoms. The molecule has 0 spiro atoms. The number of carbonyl (C=O) groups is 3. The van der Waals surface area contributed by atoms with E-state index in [4.69, 9.17) is 9.47 Å². The van der Waals surface area contributed by atoms with Gasteiger partial charge in [0.05, 0.1) is 24.1 Å². The average Bonchev–Trinajstić information content (AvgIpc) is 3.08. The smallest absolute Gasteiger partial charge is 0.344 e. The molecule has 0 saturated carbocycles. The number of nitrogens with zero attached hydrogens (tertiary/aromatic N) is 1. The molecule has 3 aromatic rings. The fourth-order valence-electron chi connectivity index (χ4n) is 3.22. The van der Waals surface area contributed by atoms with Gasteiger partial charge in [-0.3, -0.25) is 14.5 Å². The van der Waals surface area contributed by atoms with Crippen molar-refractivity contribution in [1.29, 1.82) is 0 Å². The Balaban J connectivity index is 1.53. The van der Waals surface area contributed by atoms with Gasteiger partial charge in [0.25, 0.3) is 11.1 Å². The summed E-state index contributed by atoms with van der Waals surface area (Å²) in [7, 11) is 1.47. The highest BCUT2D eigenvalue weighted by Crippen LogP contribution is 2.36.